The Morgan fingerprint density at radius 1 is 1.42 bits per heavy atom. The zero-order chi connectivity index (χ0) is 13.8. The van der Waals surface area contributed by atoms with Gasteiger partial charge in [-0.05, 0) is 44.1 Å². The van der Waals surface area contributed by atoms with Crippen molar-refractivity contribution in [2.75, 3.05) is 20.2 Å². The van der Waals surface area contributed by atoms with E-state index >= 15 is 0 Å². The van der Waals surface area contributed by atoms with Crippen LogP contribution >= 0.6 is 0 Å². The molecule has 0 atom stereocenters. The Morgan fingerprint density at radius 3 is 2.68 bits per heavy atom. The van der Waals surface area contributed by atoms with Gasteiger partial charge in [-0.3, -0.25) is 9.69 Å². The first-order valence-corrected chi connectivity index (χ1v) is 6.41. The first kappa shape index (κ1) is 13.7. The smallest absolute Gasteiger partial charge is 0.306 e. The van der Waals surface area contributed by atoms with Crippen LogP contribution in [0.4, 0.5) is 0 Å². The highest BCUT2D eigenvalue weighted by Gasteiger charge is 2.24. The van der Waals surface area contributed by atoms with Crippen LogP contribution in [-0.4, -0.2) is 41.3 Å². The number of hydrogen-bond donors (Lipinski definition) is 2. The molecule has 1 aliphatic rings. The van der Waals surface area contributed by atoms with Crippen LogP contribution in [0.2, 0.25) is 0 Å². The fourth-order valence-electron chi connectivity index (χ4n) is 2.39. The van der Waals surface area contributed by atoms with Crippen molar-refractivity contribution in [2.24, 2.45) is 5.92 Å². The summed E-state index contributed by atoms with van der Waals surface area (Å²) in [6.07, 6.45) is 1.33. The van der Waals surface area contributed by atoms with Crippen molar-refractivity contribution in [1.29, 1.82) is 0 Å². The molecule has 1 aliphatic heterocycles. The van der Waals surface area contributed by atoms with Crippen LogP contribution in [-0.2, 0) is 11.3 Å². The molecule has 2 N–H and O–H groups in total. The fourth-order valence-corrected chi connectivity index (χ4v) is 2.39. The fraction of sp³-hybridized carbons (Fsp3) is 0.500. The Labute approximate surface area is 112 Å². The van der Waals surface area contributed by atoms with E-state index in [4.69, 9.17) is 9.84 Å². The maximum absolute atomic E-state index is 10.9. The number of carboxylic acids is 1. The van der Waals surface area contributed by atoms with Gasteiger partial charge in [0.2, 0.25) is 0 Å². The highest BCUT2D eigenvalue weighted by Crippen LogP contribution is 2.26. The quantitative estimate of drug-likeness (QED) is 0.867. The third kappa shape index (κ3) is 3.38. The van der Waals surface area contributed by atoms with Crippen LogP contribution in [0.5, 0.6) is 11.5 Å². The van der Waals surface area contributed by atoms with Gasteiger partial charge in [0.25, 0.3) is 0 Å². The molecule has 0 aromatic heterocycles. The average molecular weight is 265 g/mol. The summed E-state index contributed by atoms with van der Waals surface area (Å²) in [6, 6.07) is 5.16. The molecular weight excluding hydrogens is 246 g/mol. The predicted octanol–water partition coefficient (Wildman–Crippen LogP) is 1.70. The van der Waals surface area contributed by atoms with Crippen molar-refractivity contribution < 1.29 is 19.7 Å². The monoisotopic (exact) mass is 265 g/mol. The lowest BCUT2D eigenvalue weighted by Gasteiger charge is -2.30. The van der Waals surface area contributed by atoms with E-state index in [0.29, 0.717) is 25.1 Å². The maximum Gasteiger partial charge on any atom is 0.306 e. The van der Waals surface area contributed by atoms with E-state index in [9.17, 15) is 9.90 Å². The summed E-state index contributed by atoms with van der Waals surface area (Å²) < 4.78 is 5.14. The van der Waals surface area contributed by atoms with Crippen LogP contribution in [0.3, 0.4) is 0 Å². The summed E-state index contributed by atoms with van der Waals surface area (Å²) >= 11 is 0. The van der Waals surface area contributed by atoms with Crippen LogP contribution in [0.15, 0.2) is 18.2 Å². The molecule has 2 rings (SSSR count). The summed E-state index contributed by atoms with van der Waals surface area (Å²) in [4.78, 5) is 13.0. The topological polar surface area (TPSA) is 70.0 Å². The molecule has 5 nitrogen and oxygen atoms in total. The number of likely N-dealkylation sites (tertiary alicyclic amines) is 1. The molecule has 1 aromatic carbocycles. The summed E-state index contributed by atoms with van der Waals surface area (Å²) in [5.74, 6) is 0.0356. The largest absolute Gasteiger partial charge is 0.508 e. The molecule has 1 fully saturated rings. The predicted molar refractivity (Wildman–Crippen MR) is 70.3 cm³/mol. The molecule has 0 amide bonds. The molecule has 19 heavy (non-hydrogen) atoms. The summed E-state index contributed by atoms with van der Waals surface area (Å²) in [5, 5.41) is 18.8. The van der Waals surface area contributed by atoms with Gasteiger partial charge in [0, 0.05) is 12.1 Å². The van der Waals surface area contributed by atoms with Crippen molar-refractivity contribution in [3.05, 3.63) is 23.8 Å². The van der Waals surface area contributed by atoms with E-state index in [1.165, 1.54) is 0 Å². The average Bonchev–Trinajstić information content (AvgIpc) is 2.42. The van der Waals surface area contributed by atoms with Gasteiger partial charge < -0.3 is 14.9 Å². The van der Waals surface area contributed by atoms with Gasteiger partial charge in [-0.25, -0.2) is 0 Å². The van der Waals surface area contributed by atoms with E-state index in [1.807, 2.05) is 6.07 Å². The van der Waals surface area contributed by atoms with Crippen LogP contribution in [0, 0.1) is 5.92 Å². The van der Waals surface area contributed by atoms with Gasteiger partial charge >= 0.3 is 5.97 Å². The molecule has 5 heteroatoms. The number of benzene rings is 1. The third-order valence-electron chi connectivity index (χ3n) is 3.62. The minimum absolute atomic E-state index is 0.227. The number of phenols is 1. The zero-order valence-electron chi connectivity index (χ0n) is 11.0. The molecule has 0 unspecified atom stereocenters. The SMILES string of the molecule is COc1ccc(O)c(CN2CCC(C(=O)O)CC2)c1. The number of methoxy groups -OCH3 is 1. The van der Waals surface area contributed by atoms with Gasteiger partial charge in [-0.1, -0.05) is 0 Å². The van der Waals surface area contributed by atoms with E-state index in [0.717, 1.165) is 18.7 Å². The number of carbonyl (C=O) groups is 1. The van der Waals surface area contributed by atoms with Gasteiger partial charge in [-0.2, -0.15) is 0 Å². The molecule has 0 aliphatic carbocycles. The molecule has 0 spiro atoms. The highest BCUT2D eigenvalue weighted by atomic mass is 16.5. The number of rotatable bonds is 4. The number of phenolic OH excluding ortho intramolecular Hbond substituents is 1. The second kappa shape index (κ2) is 5.93. The molecule has 1 aromatic rings. The molecule has 1 heterocycles. The van der Waals surface area contributed by atoms with E-state index in [2.05, 4.69) is 4.90 Å². The normalized spacial score (nSPS) is 17.3. The van der Waals surface area contributed by atoms with E-state index < -0.39 is 5.97 Å². The maximum atomic E-state index is 10.9. The minimum Gasteiger partial charge on any atom is -0.508 e. The number of carboxylic acid groups (broad SMARTS) is 1. The molecule has 0 radical (unpaired) electrons. The first-order valence-electron chi connectivity index (χ1n) is 6.41. The Morgan fingerprint density at radius 2 is 2.11 bits per heavy atom. The number of aromatic hydroxyl groups is 1. The van der Waals surface area contributed by atoms with Crippen LogP contribution in [0.25, 0.3) is 0 Å². The molecule has 1 saturated heterocycles. The summed E-state index contributed by atoms with van der Waals surface area (Å²) in [6.45, 7) is 2.11. The second-order valence-electron chi connectivity index (χ2n) is 4.88. The Kier molecular flexibility index (Phi) is 4.27. The number of nitrogens with zero attached hydrogens (tertiary/aromatic N) is 1. The minimum atomic E-state index is -0.705. The second-order valence-corrected chi connectivity index (χ2v) is 4.88. The highest BCUT2D eigenvalue weighted by molar-refractivity contribution is 5.70. The van der Waals surface area contributed by atoms with Gasteiger partial charge in [0.05, 0.1) is 13.0 Å². The lowest BCUT2D eigenvalue weighted by atomic mass is 9.97. The van der Waals surface area contributed by atoms with Crippen molar-refractivity contribution in [3.8, 4) is 11.5 Å². The van der Waals surface area contributed by atoms with Gasteiger partial charge in [-0.15, -0.1) is 0 Å². The Balaban J connectivity index is 1.97. The van der Waals surface area contributed by atoms with Gasteiger partial charge in [0.15, 0.2) is 0 Å². The van der Waals surface area contributed by atoms with Crippen molar-refractivity contribution in [2.45, 2.75) is 19.4 Å². The number of hydrogen-bond acceptors (Lipinski definition) is 4. The summed E-state index contributed by atoms with van der Waals surface area (Å²) in [7, 11) is 1.59. The number of piperidine rings is 1. The third-order valence-corrected chi connectivity index (χ3v) is 3.62. The molecule has 104 valence electrons. The Bertz CT molecular complexity index is 453. The molecule has 0 saturated carbocycles. The van der Waals surface area contributed by atoms with Crippen LogP contribution < -0.4 is 4.74 Å². The lowest BCUT2D eigenvalue weighted by molar-refractivity contribution is -0.143. The molecular formula is C14H19NO4. The summed E-state index contributed by atoms with van der Waals surface area (Å²) in [5.41, 5.74) is 0.813. The Hall–Kier alpha value is -1.75. The van der Waals surface area contributed by atoms with Crippen LogP contribution in [0.1, 0.15) is 18.4 Å². The zero-order valence-corrected chi connectivity index (χ0v) is 11.0. The standard InChI is InChI=1S/C14H19NO4/c1-19-12-2-3-13(16)11(8-12)9-15-6-4-10(5-7-15)14(17)18/h2-3,8,10,16H,4-7,9H2,1H3,(H,17,18). The lowest BCUT2D eigenvalue weighted by Crippen LogP contribution is -2.35. The van der Waals surface area contributed by atoms with Crippen molar-refractivity contribution in [3.63, 3.8) is 0 Å². The van der Waals surface area contributed by atoms with E-state index in [1.54, 1.807) is 19.2 Å². The van der Waals surface area contributed by atoms with Crippen molar-refractivity contribution in [1.82, 2.24) is 4.90 Å². The number of ether oxygens (including phenoxy) is 1. The number of aliphatic carboxylic acids is 1. The van der Waals surface area contributed by atoms with Gasteiger partial charge in [0.1, 0.15) is 11.5 Å². The van der Waals surface area contributed by atoms with Crippen molar-refractivity contribution >= 4 is 5.97 Å². The molecule has 0 bridgehead atoms. The van der Waals surface area contributed by atoms with E-state index in [-0.39, 0.29) is 11.7 Å². The first-order chi connectivity index (χ1) is 9.10.